The van der Waals surface area contributed by atoms with E-state index in [1.165, 1.54) is 22.1 Å². The van der Waals surface area contributed by atoms with Crippen molar-refractivity contribution in [2.75, 3.05) is 18.4 Å². The summed E-state index contributed by atoms with van der Waals surface area (Å²) in [5, 5.41) is 3.20. The van der Waals surface area contributed by atoms with Crippen LogP contribution in [-0.4, -0.2) is 46.5 Å². The van der Waals surface area contributed by atoms with Crippen molar-refractivity contribution in [2.24, 2.45) is 0 Å². The summed E-state index contributed by atoms with van der Waals surface area (Å²) in [6.07, 6.45) is 6.44. The maximum absolute atomic E-state index is 13.0. The van der Waals surface area contributed by atoms with Gasteiger partial charge in [-0.15, -0.1) is 0 Å². The van der Waals surface area contributed by atoms with Gasteiger partial charge in [0.2, 0.25) is 15.9 Å². The molecule has 4 rings (SSSR count). The number of anilines is 1. The normalized spacial score (nSPS) is 15.8. The van der Waals surface area contributed by atoms with Crippen LogP contribution in [0.25, 0.3) is 0 Å². The first kappa shape index (κ1) is 23.5. The molecule has 0 bridgehead atoms. The number of sulfonamides is 1. The Labute approximate surface area is 199 Å². The number of thioether (sulfide) groups is 1. The van der Waals surface area contributed by atoms with Gasteiger partial charge in [-0.1, -0.05) is 54.6 Å². The SMILES string of the molecule is CC(Sc1nccn1Cc1ccccc1)C(=O)Nc1cccc(S(=O)(=O)N2CCCCC2)c1. The molecule has 0 aliphatic carbocycles. The van der Waals surface area contributed by atoms with Crippen molar-refractivity contribution < 1.29 is 13.2 Å². The standard InChI is InChI=1S/C24H28N4O3S2/c1-19(32-24-25-13-16-27(24)18-20-9-4-2-5-10-20)23(29)26-21-11-8-12-22(17-21)33(30,31)28-14-6-3-7-15-28/h2,4-5,8-13,16-17,19H,3,6-7,14-15,18H2,1H3,(H,26,29). The number of rotatable bonds is 8. The van der Waals surface area contributed by atoms with E-state index in [4.69, 9.17) is 0 Å². The number of carbonyl (C=O) groups is 1. The fraction of sp³-hybridized carbons (Fsp3) is 0.333. The second kappa shape index (κ2) is 10.5. The number of aromatic nitrogens is 2. The summed E-state index contributed by atoms with van der Waals surface area (Å²) in [6, 6.07) is 16.6. The van der Waals surface area contributed by atoms with Crippen molar-refractivity contribution in [3.05, 3.63) is 72.6 Å². The predicted molar refractivity (Wildman–Crippen MR) is 131 cm³/mol. The maximum Gasteiger partial charge on any atom is 0.243 e. The maximum atomic E-state index is 13.0. The molecule has 1 aromatic heterocycles. The summed E-state index contributed by atoms with van der Waals surface area (Å²) >= 11 is 1.37. The largest absolute Gasteiger partial charge is 0.325 e. The van der Waals surface area contributed by atoms with Crippen LogP contribution in [0, 0.1) is 0 Å². The summed E-state index contributed by atoms with van der Waals surface area (Å²) in [7, 11) is -3.55. The molecule has 2 aromatic carbocycles. The van der Waals surface area contributed by atoms with Crippen molar-refractivity contribution in [1.82, 2.24) is 13.9 Å². The Morgan fingerprint density at radius 1 is 1.09 bits per heavy atom. The molecule has 1 aliphatic heterocycles. The van der Waals surface area contributed by atoms with Gasteiger partial charge in [0.25, 0.3) is 0 Å². The van der Waals surface area contributed by atoms with Crippen LogP contribution in [0.15, 0.2) is 77.0 Å². The van der Waals surface area contributed by atoms with E-state index >= 15 is 0 Å². The zero-order chi connectivity index (χ0) is 23.3. The molecule has 0 radical (unpaired) electrons. The molecule has 9 heteroatoms. The van der Waals surface area contributed by atoms with Crippen molar-refractivity contribution in [3.8, 4) is 0 Å². The van der Waals surface area contributed by atoms with E-state index in [1.54, 1.807) is 24.4 Å². The van der Waals surface area contributed by atoms with Crippen LogP contribution in [-0.2, 0) is 21.4 Å². The van der Waals surface area contributed by atoms with Gasteiger partial charge in [-0.2, -0.15) is 4.31 Å². The quantitative estimate of drug-likeness (QED) is 0.484. The highest BCUT2D eigenvalue weighted by molar-refractivity contribution is 8.00. The number of amides is 1. The average molecular weight is 485 g/mol. The molecule has 0 saturated carbocycles. The van der Waals surface area contributed by atoms with Gasteiger partial charge < -0.3 is 9.88 Å². The lowest BCUT2D eigenvalue weighted by molar-refractivity contribution is -0.115. The highest BCUT2D eigenvalue weighted by atomic mass is 32.2. The molecular weight excluding hydrogens is 456 g/mol. The molecule has 1 atom stereocenters. The van der Waals surface area contributed by atoms with Gasteiger partial charge in [-0.25, -0.2) is 13.4 Å². The van der Waals surface area contributed by atoms with Gasteiger partial charge in [0.1, 0.15) is 0 Å². The van der Waals surface area contributed by atoms with Crippen LogP contribution in [0.2, 0.25) is 0 Å². The highest BCUT2D eigenvalue weighted by Gasteiger charge is 2.26. The minimum Gasteiger partial charge on any atom is -0.325 e. The molecule has 0 spiro atoms. The van der Waals surface area contributed by atoms with Crippen LogP contribution in [0.3, 0.4) is 0 Å². The monoisotopic (exact) mass is 484 g/mol. The van der Waals surface area contributed by atoms with E-state index in [-0.39, 0.29) is 10.8 Å². The van der Waals surface area contributed by atoms with Crippen molar-refractivity contribution >= 4 is 33.4 Å². The lowest BCUT2D eigenvalue weighted by Crippen LogP contribution is -2.35. The number of hydrogen-bond donors (Lipinski definition) is 1. The third-order valence-electron chi connectivity index (χ3n) is 5.58. The summed E-state index contributed by atoms with van der Waals surface area (Å²) in [5.74, 6) is -0.207. The van der Waals surface area contributed by atoms with Crippen LogP contribution in [0.4, 0.5) is 5.69 Å². The number of nitrogens with one attached hydrogen (secondary N) is 1. The Morgan fingerprint density at radius 2 is 1.85 bits per heavy atom. The molecule has 1 unspecified atom stereocenters. The molecule has 174 valence electrons. The first-order valence-electron chi connectivity index (χ1n) is 11.1. The summed E-state index contributed by atoms with van der Waals surface area (Å²) in [4.78, 5) is 17.5. The molecule has 1 amide bonds. The van der Waals surface area contributed by atoms with Gasteiger partial charge in [0, 0.05) is 37.7 Å². The van der Waals surface area contributed by atoms with Gasteiger partial charge in [0.15, 0.2) is 5.16 Å². The Hall–Kier alpha value is -2.62. The Balaban J connectivity index is 1.41. The van der Waals surface area contributed by atoms with E-state index in [9.17, 15) is 13.2 Å². The molecule has 3 aromatic rings. The number of nitrogens with zero attached hydrogens (tertiary/aromatic N) is 3. The second-order valence-electron chi connectivity index (χ2n) is 8.07. The fourth-order valence-corrected chi connectivity index (χ4v) is 6.19. The fourth-order valence-electron chi connectivity index (χ4n) is 3.76. The zero-order valence-corrected chi connectivity index (χ0v) is 20.2. The van der Waals surface area contributed by atoms with Gasteiger partial charge in [0.05, 0.1) is 10.1 Å². The minimum absolute atomic E-state index is 0.207. The summed E-state index contributed by atoms with van der Waals surface area (Å²) < 4.78 is 29.5. The van der Waals surface area contributed by atoms with E-state index in [2.05, 4.69) is 22.4 Å². The number of imidazole rings is 1. The highest BCUT2D eigenvalue weighted by Crippen LogP contribution is 2.26. The molecule has 7 nitrogen and oxygen atoms in total. The lowest BCUT2D eigenvalue weighted by Gasteiger charge is -2.26. The van der Waals surface area contributed by atoms with E-state index in [1.807, 2.05) is 35.9 Å². The van der Waals surface area contributed by atoms with Gasteiger partial charge in [-0.3, -0.25) is 4.79 Å². The summed E-state index contributed by atoms with van der Waals surface area (Å²) in [6.45, 7) is 3.58. The second-order valence-corrected chi connectivity index (χ2v) is 11.3. The molecule has 1 aliphatic rings. The van der Waals surface area contributed by atoms with E-state index in [0.717, 1.165) is 30.0 Å². The first-order chi connectivity index (χ1) is 15.9. The van der Waals surface area contributed by atoms with Crippen LogP contribution < -0.4 is 5.32 Å². The molecule has 1 N–H and O–H groups in total. The van der Waals surface area contributed by atoms with Crippen molar-refractivity contribution in [1.29, 1.82) is 0 Å². The van der Waals surface area contributed by atoms with Crippen LogP contribution in [0.1, 0.15) is 31.7 Å². The number of benzene rings is 2. The molecule has 1 fully saturated rings. The smallest absolute Gasteiger partial charge is 0.243 e. The molecular formula is C24H28N4O3S2. The number of piperidine rings is 1. The third kappa shape index (κ3) is 5.85. The van der Waals surface area contributed by atoms with Crippen molar-refractivity contribution in [2.45, 2.75) is 48.0 Å². The van der Waals surface area contributed by atoms with Crippen LogP contribution >= 0.6 is 11.8 Å². The number of hydrogen-bond acceptors (Lipinski definition) is 5. The van der Waals surface area contributed by atoms with Crippen LogP contribution in [0.5, 0.6) is 0 Å². The predicted octanol–water partition coefficient (Wildman–Crippen LogP) is 4.23. The Morgan fingerprint density at radius 3 is 2.61 bits per heavy atom. The molecule has 1 saturated heterocycles. The van der Waals surface area contributed by atoms with E-state index in [0.29, 0.717) is 25.3 Å². The topological polar surface area (TPSA) is 84.3 Å². The molecule has 33 heavy (non-hydrogen) atoms. The minimum atomic E-state index is -3.55. The zero-order valence-electron chi connectivity index (χ0n) is 18.6. The lowest BCUT2D eigenvalue weighted by atomic mass is 10.2. The number of carbonyl (C=O) groups excluding carboxylic acids is 1. The summed E-state index contributed by atoms with van der Waals surface area (Å²) in [5.41, 5.74) is 1.62. The Bertz CT molecular complexity index is 1190. The van der Waals surface area contributed by atoms with Gasteiger partial charge in [-0.05, 0) is 43.5 Å². The molecule has 2 heterocycles. The third-order valence-corrected chi connectivity index (χ3v) is 8.59. The van der Waals surface area contributed by atoms with Crippen molar-refractivity contribution in [3.63, 3.8) is 0 Å². The first-order valence-corrected chi connectivity index (χ1v) is 13.4. The van der Waals surface area contributed by atoms with E-state index < -0.39 is 15.3 Å². The van der Waals surface area contributed by atoms with Gasteiger partial charge >= 0.3 is 0 Å². The average Bonchev–Trinajstić information content (AvgIpc) is 3.26. The Kier molecular flexibility index (Phi) is 7.52.